The molecule has 0 saturated carbocycles. The summed E-state index contributed by atoms with van der Waals surface area (Å²) >= 11 is 0. The number of rotatable bonds is 7. The lowest BCUT2D eigenvalue weighted by Crippen LogP contribution is -2.66. The molecule has 28 heavy (non-hydrogen) atoms. The van der Waals surface area contributed by atoms with Crippen molar-refractivity contribution in [3.05, 3.63) is 35.9 Å². The maximum Gasteiger partial charge on any atom is 0.248 e. The van der Waals surface area contributed by atoms with Crippen LogP contribution in [0, 0.1) is 5.41 Å². The summed E-state index contributed by atoms with van der Waals surface area (Å²) in [6.45, 7) is 3.98. The molecule has 6 heteroatoms. The van der Waals surface area contributed by atoms with Crippen LogP contribution in [-0.4, -0.2) is 73.7 Å². The van der Waals surface area contributed by atoms with Gasteiger partial charge in [-0.15, -0.1) is 0 Å². The minimum Gasteiger partial charge on any atom is -0.376 e. The van der Waals surface area contributed by atoms with Crippen LogP contribution in [0.1, 0.15) is 31.2 Å². The molecular formula is C22H30N2O4. The number of hydrogen-bond donors (Lipinski definition) is 0. The summed E-state index contributed by atoms with van der Waals surface area (Å²) in [5.74, 6) is 0.175. The van der Waals surface area contributed by atoms with Gasteiger partial charge in [0, 0.05) is 32.8 Å². The molecule has 0 N–H and O–H groups in total. The van der Waals surface area contributed by atoms with Gasteiger partial charge in [-0.1, -0.05) is 30.3 Å². The van der Waals surface area contributed by atoms with Crippen LogP contribution in [0.4, 0.5) is 0 Å². The summed E-state index contributed by atoms with van der Waals surface area (Å²) in [5, 5.41) is 0. The fraction of sp³-hybridized carbons (Fsp3) is 0.636. The highest BCUT2D eigenvalue weighted by atomic mass is 16.5. The van der Waals surface area contributed by atoms with E-state index in [1.54, 1.807) is 4.90 Å². The Morgan fingerprint density at radius 3 is 2.50 bits per heavy atom. The van der Waals surface area contributed by atoms with Crippen LogP contribution in [0.3, 0.4) is 0 Å². The second-order valence-electron chi connectivity index (χ2n) is 8.34. The molecule has 1 aromatic rings. The lowest BCUT2D eigenvalue weighted by atomic mass is 9.73. The van der Waals surface area contributed by atoms with Gasteiger partial charge in [0.2, 0.25) is 11.8 Å². The summed E-state index contributed by atoms with van der Waals surface area (Å²) in [6, 6.07) is 10.1. The van der Waals surface area contributed by atoms with Crippen LogP contribution in [0.5, 0.6) is 0 Å². The molecule has 6 nitrogen and oxygen atoms in total. The standard InChI is InChI=1S/C22H30N2O4/c25-20(15-27-14-19-9-6-12-28-19)24-16-22(17-24,13-18-7-2-1-3-8-18)21(26)23-10-4-5-11-23/h1-3,7-8,19H,4-6,9-17H2. The summed E-state index contributed by atoms with van der Waals surface area (Å²) in [4.78, 5) is 29.5. The molecule has 2 amide bonds. The monoisotopic (exact) mass is 386 g/mol. The number of amides is 2. The van der Waals surface area contributed by atoms with Crippen LogP contribution in [0.15, 0.2) is 30.3 Å². The topological polar surface area (TPSA) is 59.1 Å². The number of hydrogen-bond acceptors (Lipinski definition) is 4. The van der Waals surface area contributed by atoms with Crippen molar-refractivity contribution in [2.75, 3.05) is 46.0 Å². The van der Waals surface area contributed by atoms with Gasteiger partial charge in [0.1, 0.15) is 6.61 Å². The van der Waals surface area contributed by atoms with Crippen molar-refractivity contribution in [3.63, 3.8) is 0 Å². The Labute approximate surface area is 166 Å². The molecule has 4 rings (SSSR count). The van der Waals surface area contributed by atoms with Crippen molar-refractivity contribution in [1.82, 2.24) is 9.80 Å². The van der Waals surface area contributed by atoms with Gasteiger partial charge in [0.05, 0.1) is 18.1 Å². The fourth-order valence-corrected chi connectivity index (χ4v) is 4.57. The molecule has 3 fully saturated rings. The molecule has 0 radical (unpaired) electrons. The van der Waals surface area contributed by atoms with Crippen molar-refractivity contribution < 1.29 is 19.1 Å². The molecule has 3 aliphatic rings. The molecule has 0 aromatic heterocycles. The van der Waals surface area contributed by atoms with Crippen molar-refractivity contribution in [3.8, 4) is 0 Å². The lowest BCUT2D eigenvalue weighted by molar-refractivity contribution is -0.162. The Bertz CT molecular complexity index is 675. The van der Waals surface area contributed by atoms with E-state index in [9.17, 15) is 9.59 Å². The molecule has 152 valence electrons. The maximum absolute atomic E-state index is 13.3. The van der Waals surface area contributed by atoms with E-state index in [1.807, 2.05) is 23.1 Å². The summed E-state index contributed by atoms with van der Waals surface area (Å²) in [6.07, 6.45) is 5.03. The van der Waals surface area contributed by atoms with Crippen molar-refractivity contribution in [2.24, 2.45) is 5.41 Å². The molecular weight excluding hydrogens is 356 g/mol. The summed E-state index contributed by atoms with van der Waals surface area (Å²) < 4.78 is 11.1. The maximum atomic E-state index is 13.3. The minimum absolute atomic E-state index is 0.0316. The van der Waals surface area contributed by atoms with E-state index in [2.05, 4.69) is 12.1 Å². The van der Waals surface area contributed by atoms with Gasteiger partial charge in [0.15, 0.2) is 0 Å². The Hall–Kier alpha value is -1.92. The van der Waals surface area contributed by atoms with Gasteiger partial charge in [-0.25, -0.2) is 0 Å². The van der Waals surface area contributed by atoms with E-state index < -0.39 is 5.41 Å². The highest BCUT2D eigenvalue weighted by molar-refractivity contribution is 5.88. The van der Waals surface area contributed by atoms with Crippen molar-refractivity contribution in [1.29, 1.82) is 0 Å². The van der Waals surface area contributed by atoms with Gasteiger partial charge in [-0.05, 0) is 37.7 Å². The quantitative estimate of drug-likeness (QED) is 0.718. The normalized spacial score (nSPS) is 23.6. The van der Waals surface area contributed by atoms with Gasteiger partial charge in [0.25, 0.3) is 0 Å². The number of carbonyl (C=O) groups is 2. The zero-order valence-electron chi connectivity index (χ0n) is 16.5. The third kappa shape index (κ3) is 4.23. The molecule has 0 spiro atoms. The first kappa shape index (κ1) is 19.4. The second kappa shape index (κ2) is 8.62. The first-order valence-corrected chi connectivity index (χ1v) is 10.5. The Morgan fingerprint density at radius 1 is 1.07 bits per heavy atom. The lowest BCUT2D eigenvalue weighted by Gasteiger charge is -2.50. The van der Waals surface area contributed by atoms with Crippen LogP contribution >= 0.6 is 0 Å². The van der Waals surface area contributed by atoms with Crippen LogP contribution in [0.2, 0.25) is 0 Å². The SMILES string of the molecule is O=C(COCC1CCCO1)N1CC(Cc2ccccc2)(C(=O)N2CCCC2)C1. The Kier molecular flexibility index (Phi) is 5.97. The first-order chi connectivity index (χ1) is 13.7. The van der Waals surface area contributed by atoms with E-state index in [4.69, 9.17) is 9.47 Å². The zero-order chi connectivity index (χ0) is 19.4. The molecule has 3 heterocycles. The summed E-state index contributed by atoms with van der Waals surface area (Å²) in [5.41, 5.74) is 0.660. The van der Waals surface area contributed by atoms with Gasteiger partial charge >= 0.3 is 0 Å². The van der Waals surface area contributed by atoms with Crippen molar-refractivity contribution >= 4 is 11.8 Å². The molecule has 0 aliphatic carbocycles. The molecule has 3 aliphatic heterocycles. The zero-order valence-corrected chi connectivity index (χ0v) is 16.5. The Morgan fingerprint density at radius 2 is 1.82 bits per heavy atom. The molecule has 1 aromatic carbocycles. The average molecular weight is 386 g/mol. The number of carbonyl (C=O) groups excluding carboxylic acids is 2. The first-order valence-electron chi connectivity index (χ1n) is 10.5. The Balaban J connectivity index is 1.34. The largest absolute Gasteiger partial charge is 0.376 e. The van der Waals surface area contributed by atoms with E-state index in [1.165, 1.54) is 0 Å². The predicted octanol–water partition coefficient (Wildman–Crippen LogP) is 1.88. The van der Waals surface area contributed by atoms with E-state index >= 15 is 0 Å². The third-order valence-electron chi connectivity index (χ3n) is 6.13. The van der Waals surface area contributed by atoms with E-state index in [-0.39, 0.29) is 24.5 Å². The number of likely N-dealkylation sites (tertiary alicyclic amines) is 2. The van der Waals surface area contributed by atoms with Gasteiger partial charge < -0.3 is 19.3 Å². The number of benzene rings is 1. The summed E-state index contributed by atoms with van der Waals surface area (Å²) in [7, 11) is 0. The average Bonchev–Trinajstić information content (AvgIpc) is 3.38. The third-order valence-corrected chi connectivity index (χ3v) is 6.13. The highest BCUT2D eigenvalue weighted by Crippen LogP contribution is 2.37. The highest BCUT2D eigenvalue weighted by Gasteiger charge is 2.52. The van der Waals surface area contributed by atoms with Crippen molar-refractivity contribution in [2.45, 2.75) is 38.2 Å². The van der Waals surface area contributed by atoms with Crippen LogP contribution in [-0.2, 0) is 25.5 Å². The predicted molar refractivity (Wildman–Crippen MR) is 105 cm³/mol. The minimum atomic E-state index is -0.490. The molecule has 1 unspecified atom stereocenters. The van der Waals surface area contributed by atoms with Gasteiger partial charge in [-0.3, -0.25) is 9.59 Å². The van der Waals surface area contributed by atoms with E-state index in [0.29, 0.717) is 26.1 Å². The number of ether oxygens (including phenoxy) is 2. The van der Waals surface area contributed by atoms with Gasteiger partial charge in [-0.2, -0.15) is 0 Å². The second-order valence-corrected chi connectivity index (χ2v) is 8.34. The molecule has 1 atom stereocenters. The van der Waals surface area contributed by atoms with E-state index in [0.717, 1.165) is 50.9 Å². The molecule has 0 bridgehead atoms. The fourth-order valence-electron chi connectivity index (χ4n) is 4.57. The van der Waals surface area contributed by atoms with Crippen LogP contribution in [0.25, 0.3) is 0 Å². The van der Waals surface area contributed by atoms with Crippen LogP contribution < -0.4 is 0 Å². The smallest absolute Gasteiger partial charge is 0.248 e. The number of nitrogens with zero attached hydrogens (tertiary/aromatic N) is 2. The molecule has 3 saturated heterocycles.